The average Bonchev–Trinajstić information content (AvgIpc) is 3.32. The van der Waals surface area contributed by atoms with Crippen molar-refractivity contribution in [3.05, 3.63) is 30.3 Å². The molecule has 4 nitrogen and oxygen atoms in total. The van der Waals surface area contributed by atoms with Crippen molar-refractivity contribution >= 4 is 17.8 Å². The molecule has 2 atom stereocenters. The number of nitrogens with one attached hydrogen (secondary N) is 2. The van der Waals surface area contributed by atoms with Crippen molar-refractivity contribution in [2.45, 2.75) is 54.3 Å². The predicted octanol–water partition coefficient (Wildman–Crippen LogP) is 3.16. The Bertz CT molecular complexity index is 519. The number of aliphatic hydroxyl groups excluding tert-OH is 1. The van der Waals surface area contributed by atoms with Gasteiger partial charge in [0.1, 0.15) is 0 Å². The van der Waals surface area contributed by atoms with Gasteiger partial charge in [0.15, 0.2) is 0 Å². The van der Waals surface area contributed by atoms with Crippen LogP contribution in [-0.4, -0.2) is 35.1 Å². The van der Waals surface area contributed by atoms with E-state index in [0.29, 0.717) is 19.0 Å². The molecule has 2 unspecified atom stereocenters. The number of benzene rings is 1. The minimum absolute atomic E-state index is 0.0787. The zero-order valence-electron chi connectivity index (χ0n) is 13.5. The number of thioether (sulfide) groups is 1. The third-order valence-corrected chi connectivity index (χ3v) is 6.26. The van der Waals surface area contributed by atoms with Crippen molar-refractivity contribution in [1.82, 2.24) is 10.6 Å². The van der Waals surface area contributed by atoms with E-state index in [-0.39, 0.29) is 16.9 Å². The minimum atomic E-state index is -0.185. The quantitative estimate of drug-likeness (QED) is 0.749. The van der Waals surface area contributed by atoms with E-state index in [1.165, 1.54) is 4.90 Å². The highest BCUT2D eigenvalue weighted by Gasteiger charge is 2.43. The molecule has 5 heteroatoms. The molecule has 0 aliphatic heterocycles. The molecule has 23 heavy (non-hydrogen) atoms. The first-order valence-electron chi connectivity index (χ1n) is 8.59. The Balaban J connectivity index is 1.37. The lowest BCUT2D eigenvalue weighted by atomic mass is 9.87. The monoisotopic (exact) mass is 334 g/mol. The van der Waals surface area contributed by atoms with Gasteiger partial charge < -0.3 is 15.7 Å². The van der Waals surface area contributed by atoms with E-state index in [1.54, 1.807) is 0 Å². The smallest absolute Gasteiger partial charge is 0.314 e. The van der Waals surface area contributed by atoms with E-state index < -0.39 is 0 Å². The number of aliphatic hydroxyl groups is 1. The van der Waals surface area contributed by atoms with Gasteiger partial charge in [-0.25, -0.2) is 4.79 Å². The van der Waals surface area contributed by atoms with E-state index in [0.717, 1.165) is 38.5 Å². The van der Waals surface area contributed by atoms with Crippen LogP contribution < -0.4 is 10.6 Å². The molecule has 0 aromatic heterocycles. The van der Waals surface area contributed by atoms with Crippen molar-refractivity contribution in [3.8, 4) is 0 Å². The molecule has 2 aliphatic carbocycles. The third-order valence-electron chi connectivity index (χ3n) is 4.76. The molecule has 3 N–H and O–H groups in total. The average molecular weight is 334 g/mol. The summed E-state index contributed by atoms with van der Waals surface area (Å²) in [5.74, 6) is 0.415. The van der Waals surface area contributed by atoms with Gasteiger partial charge in [-0.2, -0.15) is 0 Å². The Hall–Kier alpha value is -1.20. The number of carbonyl (C=O) groups is 1. The van der Waals surface area contributed by atoms with Gasteiger partial charge in [-0.15, -0.1) is 11.8 Å². The first-order chi connectivity index (χ1) is 11.2. The maximum absolute atomic E-state index is 12.0. The number of amides is 2. The lowest BCUT2D eigenvalue weighted by molar-refractivity contribution is 0.101. The fourth-order valence-corrected chi connectivity index (χ4v) is 4.43. The number of hydrogen-bond acceptors (Lipinski definition) is 3. The van der Waals surface area contributed by atoms with E-state index >= 15 is 0 Å². The van der Waals surface area contributed by atoms with Gasteiger partial charge >= 0.3 is 6.03 Å². The van der Waals surface area contributed by atoms with Gasteiger partial charge in [0, 0.05) is 22.7 Å². The topological polar surface area (TPSA) is 61.4 Å². The van der Waals surface area contributed by atoms with E-state index in [2.05, 4.69) is 34.9 Å². The van der Waals surface area contributed by atoms with Crippen LogP contribution in [0.15, 0.2) is 35.2 Å². The summed E-state index contributed by atoms with van der Waals surface area (Å²) in [5, 5.41) is 15.7. The van der Waals surface area contributed by atoms with Gasteiger partial charge in [0.05, 0.1) is 6.10 Å². The highest BCUT2D eigenvalue weighted by atomic mass is 32.2. The molecular formula is C18H26N2O2S. The number of rotatable bonds is 6. The zero-order chi connectivity index (χ0) is 16.1. The zero-order valence-corrected chi connectivity index (χ0v) is 14.3. The number of urea groups is 1. The normalized spacial score (nSPS) is 25.6. The standard InChI is InChI=1S/C18H26N2O2S/c21-15-6-4-5-14(11-15)12-19-17(22)20-13-18(9-10-18)23-16-7-2-1-3-8-16/h1-3,7-8,14-15,21H,4-6,9-13H2,(H2,19,20,22). The van der Waals surface area contributed by atoms with Crippen LogP contribution in [0.25, 0.3) is 0 Å². The van der Waals surface area contributed by atoms with Gasteiger partial charge in [0.2, 0.25) is 0 Å². The summed E-state index contributed by atoms with van der Waals surface area (Å²) < 4.78 is 0.180. The largest absolute Gasteiger partial charge is 0.393 e. The van der Waals surface area contributed by atoms with Gasteiger partial charge in [-0.1, -0.05) is 24.6 Å². The van der Waals surface area contributed by atoms with Crippen molar-refractivity contribution in [1.29, 1.82) is 0 Å². The maximum atomic E-state index is 12.0. The maximum Gasteiger partial charge on any atom is 0.314 e. The second kappa shape index (κ2) is 7.58. The summed E-state index contributed by atoms with van der Waals surface area (Å²) in [4.78, 5) is 13.3. The van der Waals surface area contributed by atoms with Crippen LogP contribution in [0.1, 0.15) is 38.5 Å². The SMILES string of the molecule is O=C(NCC1CCCC(O)C1)NCC1(Sc2ccccc2)CC1. The Morgan fingerprint density at radius 2 is 2.00 bits per heavy atom. The molecule has 3 rings (SSSR count). The molecule has 1 aromatic rings. The Morgan fingerprint density at radius 1 is 1.22 bits per heavy atom. The molecule has 0 radical (unpaired) electrons. The summed E-state index contributed by atoms with van der Waals surface area (Å²) in [6.07, 6.45) is 6.01. The summed E-state index contributed by atoms with van der Waals surface area (Å²) in [5.41, 5.74) is 0. The molecule has 1 aromatic carbocycles. The van der Waals surface area contributed by atoms with Crippen molar-refractivity contribution in [2.75, 3.05) is 13.1 Å². The van der Waals surface area contributed by atoms with Crippen LogP contribution in [0, 0.1) is 5.92 Å². The second-order valence-electron chi connectivity index (χ2n) is 6.85. The minimum Gasteiger partial charge on any atom is -0.393 e. The lowest BCUT2D eigenvalue weighted by Gasteiger charge is -2.26. The van der Waals surface area contributed by atoms with Crippen LogP contribution in [-0.2, 0) is 0 Å². The number of carbonyl (C=O) groups excluding carboxylic acids is 1. The Morgan fingerprint density at radius 3 is 2.70 bits per heavy atom. The van der Waals surface area contributed by atoms with Crippen molar-refractivity contribution < 1.29 is 9.90 Å². The molecule has 0 saturated heterocycles. The Kier molecular flexibility index (Phi) is 5.49. The fraction of sp³-hybridized carbons (Fsp3) is 0.611. The third kappa shape index (κ3) is 5.15. The molecular weight excluding hydrogens is 308 g/mol. The number of hydrogen-bond donors (Lipinski definition) is 3. The molecule has 2 amide bonds. The first-order valence-corrected chi connectivity index (χ1v) is 9.41. The van der Waals surface area contributed by atoms with E-state index in [9.17, 15) is 9.90 Å². The highest BCUT2D eigenvalue weighted by molar-refractivity contribution is 8.01. The first kappa shape index (κ1) is 16.7. The van der Waals surface area contributed by atoms with Crippen LogP contribution in [0.5, 0.6) is 0 Å². The van der Waals surface area contributed by atoms with Gasteiger partial charge in [0.25, 0.3) is 0 Å². The van der Waals surface area contributed by atoms with Gasteiger partial charge in [-0.3, -0.25) is 0 Å². The molecule has 2 saturated carbocycles. The fourth-order valence-electron chi connectivity index (χ4n) is 3.18. The molecule has 0 bridgehead atoms. The van der Waals surface area contributed by atoms with Crippen LogP contribution in [0.4, 0.5) is 4.79 Å². The predicted molar refractivity (Wildman–Crippen MR) is 93.6 cm³/mol. The molecule has 2 aliphatic rings. The van der Waals surface area contributed by atoms with Gasteiger partial charge in [-0.05, 0) is 50.2 Å². The summed E-state index contributed by atoms with van der Waals surface area (Å²) >= 11 is 1.87. The second-order valence-corrected chi connectivity index (χ2v) is 8.39. The van der Waals surface area contributed by atoms with Crippen LogP contribution in [0.2, 0.25) is 0 Å². The molecule has 0 heterocycles. The lowest BCUT2D eigenvalue weighted by Crippen LogP contribution is -2.42. The molecule has 0 spiro atoms. The Labute approximate surface area is 142 Å². The van der Waals surface area contributed by atoms with Crippen molar-refractivity contribution in [3.63, 3.8) is 0 Å². The van der Waals surface area contributed by atoms with Crippen LogP contribution in [0.3, 0.4) is 0 Å². The van der Waals surface area contributed by atoms with E-state index in [1.807, 2.05) is 17.8 Å². The summed E-state index contributed by atoms with van der Waals surface area (Å²) in [7, 11) is 0. The molecule has 126 valence electrons. The van der Waals surface area contributed by atoms with Crippen molar-refractivity contribution in [2.24, 2.45) is 5.92 Å². The highest BCUT2D eigenvalue weighted by Crippen LogP contribution is 2.51. The summed E-state index contributed by atoms with van der Waals surface area (Å²) in [6, 6.07) is 10.3. The summed E-state index contributed by atoms with van der Waals surface area (Å²) in [6.45, 7) is 1.38. The molecule has 2 fully saturated rings. The van der Waals surface area contributed by atoms with E-state index in [4.69, 9.17) is 0 Å². The van der Waals surface area contributed by atoms with Crippen LogP contribution >= 0.6 is 11.8 Å².